The van der Waals surface area contributed by atoms with Crippen molar-refractivity contribution in [1.82, 2.24) is 13.7 Å². The molecule has 2 aliphatic heterocycles. The van der Waals surface area contributed by atoms with Crippen LogP contribution in [-0.4, -0.2) is 15.5 Å². The topological polar surface area (TPSA) is 61.4 Å². The van der Waals surface area contributed by atoms with Crippen molar-refractivity contribution in [2.75, 3.05) is 0 Å². The molecule has 3 aromatic carbocycles. The number of nitrogens with one attached hydrogen (secondary N) is 2. The summed E-state index contributed by atoms with van der Waals surface area (Å²) in [6, 6.07) is 23.2. The van der Waals surface area contributed by atoms with Crippen molar-refractivity contribution in [3.63, 3.8) is 0 Å². The molecule has 2 N–H and O–H groups in total. The first-order chi connectivity index (χ1) is 15.2. The van der Waals surface area contributed by atoms with Crippen LogP contribution in [0.2, 0.25) is 0 Å². The van der Waals surface area contributed by atoms with E-state index in [0.29, 0.717) is 5.56 Å². The fraction of sp³-hybridized carbons (Fsp3) is 0. The van der Waals surface area contributed by atoms with Gasteiger partial charge in [-0.25, -0.2) is 0 Å². The van der Waals surface area contributed by atoms with Crippen molar-refractivity contribution in [2.24, 2.45) is 0 Å². The minimum Gasteiger partial charge on any atom is -0.282 e. The molecule has 5 nitrogen and oxygen atoms in total. The van der Waals surface area contributed by atoms with Gasteiger partial charge in [-0.15, -0.1) is 0 Å². The Hall–Kier alpha value is -3.26. The molecule has 0 aromatic heterocycles. The Kier molecular flexibility index (Phi) is 5.38. The summed E-state index contributed by atoms with van der Waals surface area (Å²) in [4.78, 5) is 24.9. The van der Waals surface area contributed by atoms with Crippen LogP contribution in [0.25, 0.3) is 16.3 Å². The van der Waals surface area contributed by atoms with Gasteiger partial charge in [0.25, 0.3) is 5.91 Å². The van der Waals surface area contributed by atoms with Gasteiger partial charge in [-0.05, 0) is 34.6 Å². The molecule has 2 amide bonds. The summed E-state index contributed by atoms with van der Waals surface area (Å²) < 4.78 is 4.99. The zero-order chi connectivity index (χ0) is 21.2. The third-order valence-electron chi connectivity index (χ3n) is 5.03. The average Bonchev–Trinajstić information content (AvgIpc) is 2.81. The van der Waals surface area contributed by atoms with Gasteiger partial charge in [0, 0.05) is 23.1 Å². The number of amides is 2. The molecule has 2 bridgehead atoms. The molecule has 2 aliphatic rings. The van der Waals surface area contributed by atoms with Crippen molar-refractivity contribution in [1.29, 1.82) is 0 Å². The fourth-order valence-electron chi connectivity index (χ4n) is 3.55. The summed E-state index contributed by atoms with van der Waals surface area (Å²) in [5.74, 6) is -0.415. The molecule has 2 heterocycles. The normalized spacial score (nSPS) is 14.3. The van der Waals surface area contributed by atoms with Crippen LogP contribution < -0.4 is 9.44 Å². The van der Waals surface area contributed by atoms with Crippen LogP contribution in [0, 0.1) is 0 Å². The lowest BCUT2D eigenvalue weighted by Crippen LogP contribution is -2.31. The van der Waals surface area contributed by atoms with E-state index in [-0.39, 0.29) is 0 Å². The Balaban J connectivity index is 1.16. The molecule has 0 unspecified atom stereocenters. The lowest BCUT2D eigenvalue weighted by molar-refractivity contribution is 0.0971. The van der Waals surface area contributed by atoms with E-state index in [9.17, 15) is 9.59 Å². The lowest BCUT2D eigenvalue weighted by Gasteiger charge is -2.38. The number of fused-ring (bicyclic) bond motifs is 3. The second-order valence-corrected chi connectivity index (χ2v) is 8.70. The molecule has 0 fully saturated rings. The number of rotatable bonds is 5. The highest BCUT2D eigenvalue weighted by atomic mass is 32.2. The van der Waals surface area contributed by atoms with Gasteiger partial charge >= 0.3 is 5.24 Å². The fourth-order valence-corrected chi connectivity index (χ4v) is 4.92. The Labute approximate surface area is 188 Å². The van der Waals surface area contributed by atoms with Crippen LogP contribution in [0.4, 0.5) is 4.79 Å². The average molecular weight is 444 g/mol. The van der Waals surface area contributed by atoms with Gasteiger partial charge in [0.15, 0.2) is 0 Å². The molecule has 3 aromatic rings. The first kappa shape index (κ1) is 19.7. The highest BCUT2D eigenvalue weighted by Crippen LogP contribution is 2.44. The van der Waals surface area contributed by atoms with E-state index in [0.717, 1.165) is 45.3 Å². The smallest absolute Gasteiger partial charge is 0.282 e. The molecule has 152 valence electrons. The molecule has 0 aliphatic carbocycles. The van der Waals surface area contributed by atoms with Gasteiger partial charge in [0.1, 0.15) is 0 Å². The van der Waals surface area contributed by atoms with Gasteiger partial charge in [0.05, 0.1) is 23.5 Å². The Morgan fingerprint density at radius 1 is 0.839 bits per heavy atom. The van der Waals surface area contributed by atoms with Crippen LogP contribution in [0.3, 0.4) is 0 Å². The number of carbonyl (C=O) groups is 2. The molecule has 0 saturated heterocycles. The van der Waals surface area contributed by atoms with Crippen molar-refractivity contribution in [3.05, 3.63) is 114 Å². The predicted molar refractivity (Wildman–Crippen MR) is 128 cm³/mol. The number of carbonyl (C=O) groups excluding carboxylic acids is 2. The van der Waals surface area contributed by atoms with Gasteiger partial charge in [-0.2, -0.15) is 4.13 Å². The van der Waals surface area contributed by atoms with E-state index >= 15 is 0 Å². The van der Waals surface area contributed by atoms with Crippen molar-refractivity contribution < 1.29 is 9.59 Å². The van der Waals surface area contributed by atoms with Crippen LogP contribution in [0.5, 0.6) is 0 Å². The van der Waals surface area contributed by atoms with E-state index in [1.165, 1.54) is 12.1 Å². The highest BCUT2D eigenvalue weighted by molar-refractivity contribution is 8.20. The third-order valence-corrected chi connectivity index (χ3v) is 6.54. The molecule has 0 radical (unpaired) electrons. The first-order valence-corrected chi connectivity index (χ1v) is 11.2. The van der Waals surface area contributed by atoms with Gasteiger partial charge in [-0.3, -0.25) is 19.2 Å². The van der Waals surface area contributed by atoms with Crippen LogP contribution in [0.1, 0.15) is 15.9 Å². The minimum absolute atomic E-state index is 0.415. The molecule has 0 atom stereocenters. The maximum atomic E-state index is 12.6. The first-order valence-electron chi connectivity index (χ1n) is 9.62. The van der Waals surface area contributed by atoms with Gasteiger partial charge in [-0.1, -0.05) is 72.8 Å². The number of hydrogen-bond donors (Lipinski definition) is 2. The third kappa shape index (κ3) is 3.90. The van der Waals surface area contributed by atoms with Crippen LogP contribution in [-0.2, 0) is 0 Å². The van der Waals surface area contributed by atoms with E-state index in [4.69, 9.17) is 0 Å². The highest BCUT2D eigenvalue weighted by Gasteiger charge is 2.30. The summed E-state index contributed by atoms with van der Waals surface area (Å²) in [6.07, 6.45) is 6.24. The van der Waals surface area contributed by atoms with Crippen molar-refractivity contribution in [2.45, 2.75) is 0 Å². The molecule has 0 spiro atoms. The second kappa shape index (κ2) is 8.47. The quantitative estimate of drug-likeness (QED) is 0.496. The number of allylic oxidation sites excluding steroid dienone is 4. The van der Waals surface area contributed by atoms with Crippen LogP contribution >= 0.6 is 24.1 Å². The maximum Gasteiger partial charge on any atom is 0.301 e. The minimum atomic E-state index is -0.460. The predicted octanol–water partition coefficient (Wildman–Crippen LogP) is 5.67. The summed E-state index contributed by atoms with van der Waals surface area (Å²) in [5, 5.41) is 3.74. The standard InChI is InChI=1S/C24H17N3O2S2/c28-23(21-12-6-10-16-9-4-5-11-19(16)21)25-24(29)30-26-31-27-18-13-14-20(22(27)15-18)17-7-2-1-3-8-17/h1-15,26H,(H,25,28,29). The van der Waals surface area contributed by atoms with Crippen LogP contribution in [0.15, 0.2) is 102 Å². The summed E-state index contributed by atoms with van der Waals surface area (Å²) >= 11 is 2.15. The van der Waals surface area contributed by atoms with Crippen molar-refractivity contribution in [3.8, 4) is 0 Å². The number of benzene rings is 3. The Bertz CT molecular complexity index is 1270. The van der Waals surface area contributed by atoms with Gasteiger partial charge < -0.3 is 0 Å². The molecule has 31 heavy (non-hydrogen) atoms. The Morgan fingerprint density at radius 3 is 2.45 bits per heavy atom. The van der Waals surface area contributed by atoms with E-state index < -0.39 is 11.1 Å². The number of hydrogen-bond acceptors (Lipinski definition) is 6. The molecular formula is C24H17N3O2S2. The number of nitrogens with zero attached hydrogens (tertiary/aromatic N) is 1. The molecule has 5 rings (SSSR count). The molecule has 7 heteroatoms. The number of imide groups is 1. The molecule has 0 saturated carbocycles. The largest absolute Gasteiger partial charge is 0.301 e. The zero-order valence-electron chi connectivity index (χ0n) is 16.2. The van der Waals surface area contributed by atoms with E-state index in [1.807, 2.05) is 65.0 Å². The zero-order valence-corrected chi connectivity index (χ0v) is 17.9. The van der Waals surface area contributed by atoms with E-state index in [2.05, 4.69) is 33.7 Å². The summed E-state index contributed by atoms with van der Waals surface area (Å²) in [5.41, 5.74) is 4.88. The second-order valence-electron chi connectivity index (χ2n) is 6.91. The summed E-state index contributed by atoms with van der Waals surface area (Å²) in [6.45, 7) is 0. The maximum absolute atomic E-state index is 12.6. The Morgan fingerprint density at radius 2 is 1.61 bits per heavy atom. The monoisotopic (exact) mass is 443 g/mol. The molecular weight excluding hydrogens is 426 g/mol. The SMILES string of the molecule is O=C(NC(=O)c1cccc2ccccc12)SNSN1c2ccc(-c3ccccc3)c1c2. The van der Waals surface area contributed by atoms with Gasteiger partial charge in [0.2, 0.25) is 0 Å². The summed E-state index contributed by atoms with van der Waals surface area (Å²) in [7, 11) is 0. The lowest BCUT2D eigenvalue weighted by atomic mass is 9.94. The van der Waals surface area contributed by atoms with E-state index in [1.54, 1.807) is 6.07 Å². The van der Waals surface area contributed by atoms with Crippen molar-refractivity contribution >= 4 is 51.6 Å².